The molecule has 21 heavy (non-hydrogen) atoms. The molecule has 0 aliphatic carbocycles. The van der Waals surface area contributed by atoms with Crippen LogP contribution in [0, 0.1) is 11.3 Å². The Morgan fingerprint density at radius 2 is 1.95 bits per heavy atom. The van der Waals surface area contributed by atoms with Crippen molar-refractivity contribution in [1.82, 2.24) is 0 Å². The van der Waals surface area contributed by atoms with Gasteiger partial charge in [0.25, 0.3) is 0 Å². The molecule has 1 aromatic rings. The second-order valence-electron chi connectivity index (χ2n) is 4.54. The molecule has 0 aromatic heterocycles. The Balaban J connectivity index is 3.12. The topological polar surface area (TPSA) is 53.3 Å². The number of nitriles is 1. The molecule has 0 unspecified atom stereocenters. The maximum Gasteiger partial charge on any atom is 0.348 e. The lowest BCUT2D eigenvalue weighted by molar-refractivity contribution is -0.138. The Morgan fingerprint density at radius 1 is 1.29 bits per heavy atom. The number of hydrogen-bond acceptors (Lipinski definition) is 4. The Labute approximate surface area is 126 Å². The van der Waals surface area contributed by atoms with Crippen LogP contribution in [-0.4, -0.2) is 25.7 Å². The molecule has 112 valence electrons. The highest BCUT2D eigenvalue weighted by molar-refractivity contribution is 5.98. The maximum atomic E-state index is 11.8. The van der Waals surface area contributed by atoms with Crippen molar-refractivity contribution in [3.05, 3.63) is 35.4 Å². The molecule has 1 rings (SSSR count). The fourth-order valence-electron chi connectivity index (χ4n) is 2.03. The lowest BCUT2D eigenvalue weighted by Crippen LogP contribution is -2.22. The van der Waals surface area contributed by atoms with Crippen molar-refractivity contribution in [3.63, 3.8) is 0 Å². The molecule has 0 aliphatic rings. The van der Waals surface area contributed by atoms with Gasteiger partial charge in [-0.1, -0.05) is 25.1 Å². The van der Waals surface area contributed by atoms with Crippen LogP contribution < -0.4 is 4.90 Å². The van der Waals surface area contributed by atoms with Gasteiger partial charge in [-0.25, -0.2) is 4.79 Å². The summed E-state index contributed by atoms with van der Waals surface area (Å²) in [5.41, 5.74) is 1.90. The lowest BCUT2D eigenvalue weighted by atomic mass is 10.1. The predicted molar refractivity (Wildman–Crippen MR) is 84.8 cm³/mol. The summed E-state index contributed by atoms with van der Waals surface area (Å²) in [5, 5.41) is 9.17. The minimum Gasteiger partial charge on any atom is -0.462 e. The van der Waals surface area contributed by atoms with Crippen molar-refractivity contribution in [1.29, 1.82) is 5.26 Å². The van der Waals surface area contributed by atoms with Gasteiger partial charge in [-0.05, 0) is 38.0 Å². The summed E-state index contributed by atoms with van der Waals surface area (Å²) >= 11 is 0. The fraction of sp³-hybridized carbons (Fsp3) is 0.412. The molecule has 0 aliphatic heterocycles. The van der Waals surface area contributed by atoms with Gasteiger partial charge in [0.05, 0.1) is 6.61 Å². The molecule has 0 amide bonds. The number of benzene rings is 1. The molecule has 0 atom stereocenters. The van der Waals surface area contributed by atoms with Crippen LogP contribution in [0.4, 0.5) is 5.69 Å². The van der Waals surface area contributed by atoms with E-state index >= 15 is 0 Å². The van der Waals surface area contributed by atoms with Crippen LogP contribution in [0.25, 0.3) is 6.08 Å². The van der Waals surface area contributed by atoms with Crippen molar-refractivity contribution in [3.8, 4) is 6.07 Å². The molecule has 0 fully saturated rings. The van der Waals surface area contributed by atoms with E-state index in [1.54, 1.807) is 6.08 Å². The standard InChI is InChI=1S/C17H22N2O2/c1-4-11-21-17(20)15(13-18)12-14-9-7-8-10-16(14)19(5-2)6-3/h7-10,12H,4-6,11H2,1-3H3/b15-12+. The Hall–Kier alpha value is -2.28. The molecule has 0 saturated heterocycles. The second kappa shape index (κ2) is 8.80. The summed E-state index contributed by atoms with van der Waals surface area (Å²) in [4.78, 5) is 14.0. The van der Waals surface area contributed by atoms with Crippen LogP contribution in [0.1, 0.15) is 32.8 Å². The van der Waals surface area contributed by atoms with E-state index in [0.29, 0.717) is 6.61 Å². The molecule has 0 heterocycles. The number of ether oxygens (including phenoxy) is 1. The van der Waals surface area contributed by atoms with E-state index in [-0.39, 0.29) is 5.57 Å². The van der Waals surface area contributed by atoms with Gasteiger partial charge in [-0.15, -0.1) is 0 Å². The molecular weight excluding hydrogens is 264 g/mol. The van der Waals surface area contributed by atoms with Gasteiger partial charge in [-0.3, -0.25) is 0 Å². The largest absolute Gasteiger partial charge is 0.462 e. The summed E-state index contributed by atoms with van der Waals surface area (Å²) in [7, 11) is 0. The average Bonchev–Trinajstić information content (AvgIpc) is 2.52. The first-order valence-corrected chi connectivity index (χ1v) is 7.30. The normalized spacial score (nSPS) is 10.9. The van der Waals surface area contributed by atoms with Crippen LogP contribution in [0.2, 0.25) is 0 Å². The number of nitrogens with zero attached hydrogens (tertiary/aromatic N) is 2. The SMILES string of the molecule is CCCOC(=O)/C(C#N)=C/c1ccccc1N(CC)CC. The monoisotopic (exact) mass is 286 g/mol. The van der Waals surface area contributed by atoms with Crippen molar-refractivity contribution < 1.29 is 9.53 Å². The number of anilines is 1. The molecule has 0 N–H and O–H groups in total. The quantitative estimate of drug-likeness (QED) is 0.438. The third kappa shape index (κ3) is 4.64. The highest BCUT2D eigenvalue weighted by atomic mass is 16.5. The van der Waals surface area contributed by atoms with Gasteiger partial charge < -0.3 is 9.64 Å². The van der Waals surface area contributed by atoms with Gasteiger partial charge in [0, 0.05) is 18.8 Å². The number of rotatable bonds is 7. The minimum atomic E-state index is -0.561. The number of para-hydroxylation sites is 1. The molecule has 1 aromatic carbocycles. The average molecular weight is 286 g/mol. The number of esters is 1. The minimum absolute atomic E-state index is 0.0306. The van der Waals surface area contributed by atoms with E-state index in [1.165, 1.54) is 0 Å². The molecule has 0 radical (unpaired) electrons. The Kier molecular flexibility index (Phi) is 7.03. The number of carbonyl (C=O) groups is 1. The zero-order chi connectivity index (χ0) is 15.7. The van der Waals surface area contributed by atoms with Crippen LogP contribution >= 0.6 is 0 Å². The van der Waals surface area contributed by atoms with Crippen LogP contribution in [-0.2, 0) is 9.53 Å². The van der Waals surface area contributed by atoms with Crippen LogP contribution in [0.3, 0.4) is 0 Å². The highest BCUT2D eigenvalue weighted by Crippen LogP contribution is 2.23. The second-order valence-corrected chi connectivity index (χ2v) is 4.54. The maximum absolute atomic E-state index is 11.8. The summed E-state index contributed by atoms with van der Waals surface area (Å²) < 4.78 is 5.03. The highest BCUT2D eigenvalue weighted by Gasteiger charge is 2.13. The molecule has 0 saturated carbocycles. The van der Waals surface area contributed by atoms with E-state index in [9.17, 15) is 4.79 Å². The van der Waals surface area contributed by atoms with Gasteiger partial charge in [0.1, 0.15) is 11.6 Å². The van der Waals surface area contributed by atoms with Crippen LogP contribution in [0.15, 0.2) is 29.8 Å². The first kappa shape index (κ1) is 16.8. The molecule has 4 heteroatoms. The first-order chi connectivity index (χ1) is 10.2. The fourth-order valence-corrected chi connectivity index (χ4v) is 2.03. The third-order valence-electron chi connectivity index (χ3n) is 3.12. The first-order valence-electron chi connectivity index (χ1n) is 7.30. The van der Waals surface area contributed by atoms with E-state index in [1.807, 2.05) is 37.3 Å². The zero-order valence-corrected chi connectivity index (χ0v) is 12.9. The molecule has 0 spiro atoms. The summed E-state index contributed by atoms with van der Waals surface area (Å²) in [6.07, 6.45) is 2.34. The number of carbonyl (C=O) groups excluding carboxylic acids is 1. The van der Waals surface area contributed by atoms with Gasteiger partial charge >= 0.3 is 5.97 Å². The van der Waals surface area contributed by atoms with Crippen molar-refractivity contribution in [2.45, 2.75) is 27.2 Å². The van der Waals surface area contributed by atoms with Crippen molar-refractivity contribution >= 4 is 17.7 Å². The van der Waals surface area contributed by atoms with Gasteiger partial charge in [0.2, 0.25) is 0 Å². The predicted octanol–water partition coefficient (Wildman–Crippen LogP) is 3.39. The van der Waals surface area contributed by atoms with E-state index < -0.39 is 5.97 Å². The number of hydrogen-bond donors (Lipinski definition) is 0. The Bertz CT molecular complexity index is 540. The van der Waals surface area contributed by atoms with E-state index in [0.717, 1.165) is 30.8 Å². The molecular formula is C17H22N2O2. The zero-order valence-electron chi connectivity index (χ0n) is 12.9. The molecule has 4 nitrogen and oxygen atoms in total. The smallest absolute Gasteiger partial charge is 0.348 e. The van der Waals surface area contributed by atoms with E-state index in [2.05, 4.69) is 18.7 Å². The van der Waals surface area contributed by atoms with Crippen molar-refractivity contribution in [2.24, 2.45) is 0 Å². The van der Waals surface area contributed by atoms with Gasteiger partial charge in [-0.2, -0.15) is 5.26 Å². The Morgan fingerprint density at radius 3 is 2.52 bits per heavy atom. The third-order valence-corrected chi connectivity index (χ3v) is 3.12. The van der Waals surface area contributed by atoms with E-state index in [4.69, 9.17) is 10.00 Å². The summed E-state index contributed by atoms with van der Waals surface area (Å²) in [6, 6.07) is 9.67. The van der Waals surface area contributed by atoms with Crippen molar-refractivity contribution in [2.75, 3.05) is 24.6 Å². The summed E-state index contributed by atoms with van der Waals surface area (Å²) in [5.74, 6) is -0.561. The summed E-state index contributed by atoms with van der Waals surface area (Å²) in [6.45, 7) is 8.12. The molecule has 0 bridgehead atoms. The lowest BCUT2D eigenvalue weighted by Gasteiger charge is -2.23. The van der Waals surface area contributed by atoms with Crippen LogP contribution in [0.5, 0.6) is 0 Å². The van der Waals surface area contributed by atoms with Gasteiger partial charge in [0.15, 0.2) is 0 Å².